The molecule has 0 amide bonds. The fourth-order valence-corrected chi connectivity index (χ4v) is 2.22. The Bertz CT molecular complexity index is 669. The Kier molecular flexibility index (Phi) is 3.93. The molecule has 0 atom stereocenters. The van der Waals surface area contributed by atoms with Crippen LogP contribution in [0.1, 0.15) is 29.8 Å². The largest absolute Gasteiger partial charge is 0.462 e. The van der Waals surface area contributed by atoms with E-state index in [0.29, 0.717) is 18.0 Å². The van der Waals surface area contributed by atoms with E-state index in [4.69, 9.17) is 16.2 Å². The Hall–Kier alpha value is -2.50. The first-order chi connectivity index (χ1) is 9.58. The lowest BCUT2D eigenvalue weighted by Crippen LogP contribution is -2.22. The molecule has 1 heterocycles. The molecule has 6 nitrogen and oxygen atoms in total. The number of aromatic nitrogens is 1. The third-order valence-electron chi connectivity index (χ3n) is 2.99. The number of rotatable bonds is 4. The fourth-order valence-electron chi connectivity index (χ4n) is 2.22. The molecule has 0 aliphatic rings. The molecular formula is C14H18N4O2. The summed E-state index contributed by atoms with van der Waals surface area (Å²) < 4.78 is 5.11. The minimum atomic E-state index is -0.431. The molecule has 2 rings (SSSR count). The van der Waals surface area contributed by atoms with Gasteiger partial charge in [-0.1, -0.05) is 19.1 Å². The van der Waals surface area contributed by atoms with Gasteiger partial charge in [0.2, 0.25) is 0 Å². The molecule has 0 aliphatic carbocycles. The summed E-state index contributed by atoms with van der Waals surface area (Å²) in [5.41, 5.74) is 13.1. The van der Waals surface area contributed by atoms with Crippen molar-refractivity contribution < 1.29 is 9.53 Å². The number of benzene rings is 1. The summed E-state index contributed by atoms with van der Waals surface area (Å²) in [7, 11) is 0. The van der Waals surface area contributed by atoms with Crippen LogP contribution in [0.2, 0.25) is 0 Å². The highest BCUT2D eigenvalue weighted by Crippen LogP contribution is 2.32. The molecule has 0 bridgehead atoms. The number of hydrogen-bond donors (Lipinski definition) is 3. The van der Waals surface area contributed by atoms with E-state index in [0.717, 1.165) is 22.9 Å². The van der Waals surface area contributed by atoms with Crippen LogP contribution in [0.3, 0.4) is 0 Å². The summed E-state index contributed by atoms with van der Waals surface area (Å²) in [4.78, 5) is 19.2. The lowest BCUT2D eigenvalue weighted by molar-refractivity contribution is 0.0529. The van der Waals surface area contributed by atoms with Crippen molar-refractivity contribution in [2.24, 2.45) is 16.5 Å². The van der Waals surface area contributed by atoms with Crippen LogP contribution in [0.4, 0.5) is 5.82 Å². The Morgan fingerprint density at radius 2 is 2.10 bits per heavy atom. The van der Waals surface area contributed by atoms with Gasteiger partial charge < -0.3 is 21.2 Å². The van der Waals surface area contributed by atoms with Gasteiger partial charge in [-0.3, -0.25) is 0 Å². The summed E-state index contributed by atoms with van der Waals surface area (Å²) in [6.07, 6.45) is 0.795. The second-order valence-electron chi connectivity index (χ2n) is 4.30. The van der Waals surface area contributed by atoms with Gasteiger partial charge in [-0.2, -0.15) is 4.99 Å². The first-order valence-corrected chi connectivity index (χ1v) is 6.48. The van der Waals surface area contributed by atoms with Crippen LogP contribution in [0.15, 0.2) is 23.2 Å². The summed E-state index contributed by atoms with van der Waals surface area (Å²) in [5, 5.41) is 0.813. The number of carbonyl (C=O) groups excluding carboxylic acids is 1. The predicted molar refractivity (Wildman–Crippen MR) is 79.1 cm³/mol. The first-order valence-electron chi connectivity index (χ1n) is 6.48. The molecule has 0 fully saturated rings. The third-order valence-corrected chi connectivity index (χ3v) is 2.99. The first kappa shape index (κ1) is 13.9. The molecule has 0 radical (unpaired) electrons. The van der Waals surface area contributed by atoms with Gasteiger partial charge in [0, 0.05) is 10.9 Å². The van der Waals surface area contributed by atoms with E-state index in [2.05, 4.69) is 9.98 Å². The Balaban J connectivity index is 2.76. The number of nitrogens with two attached hydrogens (primary N) is 2. The van der Waals surface area contributed by atoms with Crippen LogP contribution in [-0.2, 0) is 11.2 Å². The summed E-state index contributed by atoms with van der Waals surface area (Å²) in [6.45, 7) is 4.08. The maximum atomic E-state index is 12.2. The minimum Gasteiger partial charge on any atom is -0.462 e. The number of aliphatic imine (C=N–C) groups is 1. The van der Waals surface area contributed by atoms with Crippen LogP contribution in [0.5, 0.6) is 0 Å². The Labute approximate surface area is 116 Å². The molecule has 0 aliphatic heterocycles. The van der Waals surface area contributed by atoms with Gasteiger partial charge in [0.1, 0.15) is 11.4 Å². The van der Waals surface area contributed by atoms with Gasteiger partial charge in [-0.05, 0) is 25.0 Å². The highest BCUT2D eigenvalue weighted by atomic mass is 16.5. The predicted octanol–water partition coefficient (Wildman–Crippen LogP) is 1.81. The third kappa shape index (κ3) is 2.45. The van der Waals surface area contributed by atoms with Gasteiger partial charge in [0.15, 0.2) is 5.96 Å². The number of nitrogens with zero attached hydrogens (tertiary/aromatic N) is 1. The van der Waals surface area contributed by atoms with E-state index in [-0.39, 0.29) is 5.96 Å². The molecular weight excluding hydrogens is 256 g/mol. The Morgan fingerprint density at radius 1 is 1.35 bits per heavy atom. The van der Waals surface area contributed by atoms with E-state index in [1.165, 1.54) is 0 Å². The molecule has 6 heteroatoms. The molecule has 106 valence electrons. The average molecular weight is 274 g/mol. The van der Waals surface area contributed by atoms with Gasteiger partial charge in [-0.25, -0.2) is 4.79 Å². The highest BCUT2D eigenvalue weighted by molar-refractivity contribution is 6.10. The zero-order valence-electron chi connectivity index (χ0n) is 11.6. The monoisotopic (exact) mass is 274 g/mol. The molecule has 1 aromatic carbocycles. The van der Waals surface area contributed by atoms with Crippen molar-refractivity contribution in [3.05, 3.63) is 29.3 Å². The second-order valence-corrected chi connectivity index (χ2v) is 4.30. The number of aromatic amines is 1. The number of esters is 1. The number of H-pyrrole nitrogens is 1. The van der Waals surface area contributed by atoms with Crippen molar-refractivity contribution in [3.8, 4) is 0 Å². The molecule has 0 saturated heterocycles. The lowest BCUT2D eigenvalue weighted by atomic mass is 10.0. The Morgan fingerprint density at radius 3 is 2.70 bits per heavy atom. The van der Waals surface area contributed by atoms with Gasteiger partial charge >= 0.3 is 5.97 Å². The van der Waals surface area contributed by atoms with E-state index in [1.807, 2.05) is 25.1 Å². The fraction of sp³-hybridized carbons (Fsp3) is 0.286. The van der Waals surface area contributed by atoms with Crippen molar-refractivity contribution in [2.45, 2.75) is 20.3 Å². The van der Waals surface area contributed by atoms with Gasteiger partial charge in [-0.15, -0.1) is 0 Å². The normalized spacial score (nSPS) is 10.5. The number of ether oxygens (including phenoxy) is 1. The standard InChI is InChI=1S/C14H18N4O2/c1-3-8-6-5-7-9-10(8)11(13(19)20-4-2)12(17-9)18-14(15)16/h5-7,17H,3-4H2,1-2H3,(H4,15,16,18). The number of guanidine groups is 1. The van der Waals surface area contributed by atoms with Crippen molar-refractivity contribution in [3.63, 3.8) is 0 Å². The van der Waals surface area contributed by atoms with E-state index >= 15 is 0 Å². The van der Waals surface area contributed by atoms with Gasteiger partial charge in [0.05, 0.1) is 6.61 Å². The number of nitrogens with one attached hydrogen (secondary N) is 1. The molecule has 0 saturated carbocycles. The zero-order valence-corrected chi connectivity index (χ0v) is 11.6. The van der Waals surface area contributed by atoms with Crippen molar-refractivity contribution in [2.75, 3.05) is 6.61 Å². The molecule has 0 spiro atoms. The smallest absolute Gasteiger partial charge is 0.342 e. The quantitative estimate of drug-likeness (QED) is 0.449. The van der Waals surface area contributed by atoms with Crippen LogP contribution in [0.25, 0.3) is 10.9 Å². The SMILES string of the molecule is CCOC(=O)c1c(N=C(N)N)[nH]c2cccc(CC)c12. The molecule has 0 unspecified atom stereocenters. The molecule has 1 aromatic heterocycles. The number of carbonyl (C=O) groups is 1. The minimum absolute atomic E-state index is 0.111. The highest BCUT2D eigenvalue weighted by Gasteiger charge is 2.21. The maximum Gasteiger partial charge on any atom is 0.342 e. The van der Waals surface area contributed by atoms with Crippen LogP contribution in [-0.4, -0.2) is 23.5 Å². The van der Waals surface area contributed by atoms with E-state index in [1.54, 1.807) is 6.92 Å². The van der Waals surface area contributed by atoms with Gasteiger partial charge in [0.25, 0.3) is 0 Å². The number of hydrogen-bond acceptors (Lipinski definition) is 3. The van der Waals surface area contributed by atoms with Crippen LogP contribution >= 0.6 is 0 Å². The van der Waals surface area contributed by atoms with Crippen molar-refractivity contribution >= 4 is 28.6 Å². The average Bonchev–Trinajstić information content (AvgIpc) is 2.75. The second kappa shape index (κ2) is 5.64. The molecule has 5 N–H and O–H groups in total. The maximum absolute atomic E-state index is 12.2. The molecule has 20 heavy (non-hydrogen) atoms. The zero-order chi connectivity index (χ0) is 14.7. The van der Waals surface area contributed by atoms with Crippen LogP contribution < -0.4 is 11.5 Å². The van der Waals surface area contributed by atoms with Crippen LogP contribution in [0, 0.1) is 0 Å². The summed E-state index contributed by atoms with van der Waals surface area (Å²) in [6, 6.07) is 5.77. The number of fused-ring (bicyclic) bond motifs is 1. The number of aryl methyl sites for hydroxylation is 1. The van der Waals surface area contributed by atoms with Crippen molar-refractivity contribution in [1.29, 1.82) is 0 Å². The summed E-state index contributed by atoms with van der Waals surface area (Å²) >= 11 is 0. The lowest BCUT2D eigenvalue weighted by Gasteiger charge is -2.04. The van der Waals surface area contributed by atoms with E-state index in [9.17, 15) is 4.79 Å². The topological polar surface area (TPSA) is 106 Å². The van der Waals surface area contributed by atoms with Crippen molar-refractivity contribution in [1.82, 2.24) is 4.98 Å². The summed E-state index contributed by atoms with van der Waals surface area (Å²) in [5.74, 6) is -0.209. The molecule has 2 aromatic rings. The van der Waals surface area contributed by atoms with E-state index < -0.39 is 5.97 Å².